The number of benzene rings is 2. The van der Waals surface area contributed by atoms with Crippen molar-refractivity contribution >= 4 is 35.0 Å². The van der Waals surface area contributed by atoms with Crippen molar-refractivity contribution in [1.29, 1.82) is 0 Å². The number of hydrogen-bond acceptors (Lipinski definition) is 3. The highest BCUT2D eigenvalue weighted by Crippen LogP contribution is 2.23. The van der Waals surface area contributed by atoms with Crippen molar-refractivity contribution in [3.8, 4) is 0 Å². The fraction of sp³-hybridized carbons (Fsp3) is 0.190. The molecule has 0 heterocycles. The monoisotopic (exact) mass is 317 g/mol. The van der Waals surface area contributed by atoms with Crippen molar-refractivity contribution in [1.82, 2.24) is 4.90 Å². The van der Waals surface area contributed by atoms with Gasteiger partial charge in [0, 0.05) is 0 Å². The van der Waals surface area contributed by atoms with Gasteiger partial charge in [0.05, 0.1) is 6.54 Å². The third-order valence-corrected chi connectivity index (χ3v) is 4.44. The SMILES string of the molecule is CN(C)CC(=O)OC1=CCc2c(ccc3c4c(ccc23)=CC=C4)=C1. The average molecular weight is 317 g/mol. The number of allylic oxidation sites excluding steroid dienone is 3. The minimum atomic E-state index is -0.231. The molecule has 24 heavy (non-hydrogen) atoms. The van der Waals surface area contributed by atoms with Gasteiger partial charge in [-0.2, -0.15) is 0 Å². The maximum absolute atomic E-state index is 11.8. The van der Waals surface area contributed by atoms with E-state index in [1.165, 1.54) is 27.1 Å². The zero-order valence-electron chi connectivity index (χ0n) is 13.9. The Morgan fingerprint density at radius 2 is 1.92 bits per heavy atom. The van der Waals surface area contributed by atoms with Gasteiger partial charge in [-0.15, -0.1) is 0 Å². The highest BCUT2D eigenvalue weighted by molar-refractivity contribution is 5.96. The van der Waals surface area contributed by atoms with E-state index < -0.39 is 0 Å². The van der Waals surface area contributed by atoms with Crippen molar-refractivity contribution in [3.63, 3.8) is 0 Å². The Labute approximate surface area is 140 Å². The van der Waals surface area contributed by atoms with Gasteiger partial charge in [-0.05, 0) is 65.0 Å². The molecule has 0 N–H and O–H groups in total. The molecule has 2 aromatic rings. The molecule has 0 bridgehead atoms. The summed E-state index contributed by atoms with van der Waals surface area (Å²) in [4.78, 5) is 13.6. The lowest BCUT2D eigenvalue weighted by atomic mass is 9.94. The zero-order chi connectivity index (χ0) is 16.7. The zero-order valence-corrected chi connectivity index (χ0v) is 13.9. The fourth-order valence-corrected chi connectivity index (χ4v) is 3.38. The second-order valence-electron chi connectivity index (χ2n) is 6.49. The van der Waals surface area contributed by atoms with Crippen molar-refractivity contribution in [2.45, 2.75) is 6.42 Å². The fourth-order valence-electron chi connectivity index (χ4n) is 3.38. The first kappa shape index (κ1) is 14.9. The first-order valence-corrected chi connectivity index (χ1v) is 8.12. The Morgan fingerprint density at radius 3 is 2.75 bits per heavy atom. The van der Waals surface area contributed by atoms with Crippen molar-refractivity contribution < 1.29 is 9.53 Å². The number of nitrogens with zero attached hydrogens (tertiary/aromatic N) is 1. The van der Waals surface area contributed by atoms with Gasteiger partial charge in [0.1, 0.15) is 5.76 Å². The molecule has 4 rings (SSSR count). The Morgan fingerprint density at radius 1 is 1.12 bits per heavy atom. The molecule has 0 spiro atoms. The van der Waals surface area contributed by atoms with E-state index in [1.54, 1.807) is 4.90 Å². The van der Waals surface area contributed by atoms with E-state index >= 15 is 0 Å². The first-order chi connectivity index (χ1) is 11.6. The van der Waals surface area contributed by atoms with Crippen molar-refractivity contribution in [2.24, 2.45) is 0 Å². The molecule has 0 atom stereocenters. The maximum atomic E-state index is 11.8. The number of fused-ring (bicyclic) bond motifs is 5. The Kier molecular flexibility index (Phi) is 3.58. The molecule has 2 aliphatic rings. The molecule has 0 amide bonds. The number of carbonyl (C=O) groups excluding carboxylic acids is 1. The second-order valence-corrected chi connectivity index (χ2v) is 6.49. The predicted octanol–water partition coefficient (Wildman–Crippen LogP) is 1.97. The quantitative estimate of drug-likeness (QED) is 0.811. The molecular formula is C21H19NO2. The summed E-state index contributed by atoms with van der Waals surface area (Å²) in [7, 11) is 3.71. The van der Waals surface area contributed by atoms with E-state index in [0.717, 1.165) is 11.6 Å². The summed E-state index contributed by atoms with van der Waals surface area (Å²) in [5.41, 5.74) is 2.59. The third-order valence-electron chi connectivity index (χ3n) is 4.44. The van der Waals surface area contributed by atoms with Crippen LogP contribution >= 0.6 is 0 Å². The second kappa shape index (κ2) is 5.77. The molecule has 2 aromatic carbocycles. The number of esters is 1. The molecule has 3 nitrogen and oxygen atoms in total. The maximum Gasteiger partial charge on any atom is 0.325 e. The molecule has 0 saturated heterocycles. The predicted molar refractivity (Wildman–Crippen MR) is 97.6 cm³/mol. The Hall–Kier alpha value is -2.65. The minimum Gasteiger partial charge on any atom is -0.426 e. The van der Waals surface area contributed by atoms with Crippen LogP contribution in [-0.2, 0) is 16.0 Å². The smallest absolute Gasteiger partial charge is 0.325 e. The van der Waals surface area contributed by atoms with Gasteiger partial charge in [0.2, 0.25) is 0 Å². The summed E-state index contributed by atoms with van der Waals surface area (Å²) in [6, 6.07) is 8.66. The lowest BCUT2D eigenvalue weighted by Crippen LogP contribution is -2.24. The summed E-state index contributed by atoms with van der Waals surface area (Å²) in [5, 5.41) is 4.96. The van der Waals surface area contributed by atoms with E-state index in [0.29, 0.717) is 5.76 Å². The number of rotatable bonds is 3. The topological polar surface area (TPSA) is 29.5 Å². The molecule has 0 radical (unpaired) electrons. The lowest BCUT2D eigenvalue weighted by molar-refractivity contribution is -0.139. The van der Waals surface area contributed by atoms with Crippen LogP contribution in [0, 0.1) is 0 Å². The standard InChI is InChI=1S/C21H19NO2/c1-22(2)13-21(23)24-16-8-11-18-15(12-16)7-10-19-17-5-3-4-14(17)6-9-20(18)19/h3-10,12H,11,13H2,1-2H3. The van der Waals surface area contributed by atoms with Gasteiger partial charge in [0.15, 0.2) is 0 Å². The van der Waals surface area contributed by atoms with Crippen LogP contribution in [0.3, 0.4) is 0 Å². The van der Waals surface area contributed by atoms with E-state index in [-0.39, 0.29) is 12.5 Å². The molecule has 0 unspecified atom stereocenters. The summed E-state index contributed by atoms with van der Waals surface area (Å²) in [5.74, 6) is 0.410. The van der Waals surface area contributed by atoms with Gasteiger partial charge in [-0.1, -0.05) is 42.5 Å². The molecule has 0 fully saturated rings. The molecule has 3 heteroatoms. The van der Waals surface area contributed by atoms with Gasteiger partial charge in [0.25, 0.3) is 0 Å². The van der Waals surface area contributed by atoms with Crippen LogP contribution in [0.1, 0.15) is 11.1 Å². The van der Waals surface area contributed by atoms with Gasteiger partial charge in [-0.3, -0.25) is 9.69 Å². The molecule has 2 aliphatic carbocycles. The van der Waals surface area contributed by atoms with Crippen molar-refractivity contribution in [2.75, 3.05) is 20.6 Å². The minimum absolute atomic E-state index is 0.231. The van der Waals surface area contributed by atoms with E-state index in [2.05, 4.69) is 42.5 Å². The van der Waals surface area contributed by atoms with Crippen LogP contribution in [0.25, 0.3) is 29.0 Å². The third kappa shape index (κ3) is 2.57. The number of ether oxygens (including phenoxy) is 1. The Balaban J connectivity index is 1.73. The first-order valence-electron chi connectivity index (χ1n) is 8.12. The molecule has 0 aromatic heterocycles. The number of hydrogen-bond donors (Lipinski definition) is 0. The molecule has 0 saturated carbocycles. The van der Waals surface area contributed by atoms with E-state index in [4.69, 9.17) is 4.74 Å². The summed E-state index contributed by atoms with van der Waals surface area (Å²) >= 11 is 0. The highest BCUT2D eigenvalue weighted by atomic mass is 16.5. The molecule has 0 aliphatic heterocycles. The summed E-state index contributed by atoms with van der Waals surface area (Å²) in [6.45, 7) is 0.282. The van der Waals surface area contributed by atoms with E-state index in [9.17, 15) is 4.79 Å². The Bertz CT molecular complexity index is 1030. The lowest BCUT2D eigenvalue weighted by Gasteiger charge is -2.15. The van der Waals surface area contributed by atoms with Crippen LogP contribution in [0.2, 0.25) is 0 Å². The van der Waals surface area contributed by atoms with Crippen LogP contribution < -0.4 is 10.4 Å². The highest BCUT2D eigenvalue weighted by Gasteiger charge is 2.13. The van der Waals surface area contributed by atoms with E-state index in [1.807, 2.05) is 26.2 Å². The van der Waals surface area contributed by atoms with Crippen LogP contribution in [0.5, 0.6) is 0 Å². The van der Waals surface area contributed by atoms with Crippen molar-refractivity contribution in [3.05, 3.63) is 63.7 Å². The number of carbonyl (C=O) groups is 1. The number of likely N-dealkylation sites (N-methyl/N-ethyl adjacent to an activating group) is 1. The summed E-state index contributed by atoms with van der Waals surface area (Å²) < 4.78 is 5.45. The largest absolute Gasteiger partial charge is 0.426 e. The summed E-state index contributed by atoms with van der Waals surface area (Å²) in [6.07, 6.45) is 11.1. The van der Waals surface area contributed by atoms with Crippen LogP contribution in [-0.4, -0.2) is 31.5 Å². The normalized spacial score (nSPS) is 14.7. The van der Waals surface area contributed by atoms with Gasteiger partial charge >= 0.3 is 5.97 Å². The average Bonchev–Trinajstić information content (AvgIpc) is 3.02. The van der Waals surface area contributed by atoms with Crippen LogP contribution in [0.4, 0.5) is 0 Å². The molecular weight excluding hydrogens is 298 g/mol. The van der Waals surface area contributed by atoms with Crippen LogP contribution in [0.15, 0.2) is 42.2 Å². The van der Waals surface area contributed by atoms with Gasteiger partial charge in [-0.25, -0.2) is 0 Å². The van der Waals surface area contributed by atoms with Gasteiger partial charge < -0.3 is 4.74 Å². The molecule has 120 valence electrons.